The molecule has 0 fully saturated rings. The fourth-order valence-corrected chi connectivity index (χ4v) is 1.86. The van der Waals surface area contributed by atoms with Gasteiger partial charge in [0.1, 0.15) is 8.51 Å². The van der Waals surface area contributed by atoms with Gasteiger partial charge in [0.15, 0.2) is 0 Å². The zero-order chi connectivity index (χ0) is 8.27. The van der Waals surface area contributed by atoms with E-state index in [1.54, 1.807) is 0 Å². The molecule has 11 heavy (non-hydrogen) atoms. The van der Waals surface area contributed by atoms with Crippen LogP contribution in [0.2, 0.25) is 0 Å². The largest absolute Gasteiger partial charge is 0.311 e. The van der Waals surface area contributed by atoms with Gasteiger partial charge in [0.2, 0.25) is 0 Å². The predicted molar refractivity (Wildman–Crippen MR) is 49.1 cm³/mol. The lowest BCUT2D eigenvalue weighted by atomic mass is 10.3. The highest BCUT2D eigenvalue weighted by molar-refractivity contribution is 7.21. The van der Waals surface area contributed by atoms with Crippen LogP contribution in [0.1, 0.15) is 31.2 Å². The van der Waals surface area contributed by atoms with Crippen LogP contribution in [0.5, 0.6) is 0 Å². The summed E-state index contributed by atoms with van der Waals surface area (Å²) >= 11 is 0. The fourth-order valence-electron chi connectivity index (χ4n) is 0.968. The zero-order valence-corrected chi connectivity index (χ0v) is 8.36. The summed E-state index contributed by atoms with van der Waals surface area (Å²) in [5, 5.41) is 0. The van der Waals surface area contributed by atoms with Gasteiger partial charge in [0, 0.05) is 12.2 Å². The van der Waals surface area contributed by atoms with Crippen LogP contribution in [0, 0.1) is 13.8 Å². The lowest BCUT2D eigenvalue weighted by Gasteiger charge is -2.01. The molecule has 0 aliphatic heterocycles. The zero-order valence-electron chi connectivity index (χ0n) is 7.46. The van der Waals surface area contributed by atoms with Crippen molar-refractivity contribution in [2.45, 2.75) is 40.2 Å². The summed E-state index contributed by atoms with van der Waals surface area (Å²) in [6, 6.07) is 0. The van der Waals surface area contributed by atoms with E-state index in [2.05, 4.69) is 29.8 Å². The van der Waals surface area contributed by atoms with Crippen LogP contribution in [-0.4, -0.2) is 9.08 Å². The molecule has 1 heterocycles. The molecule has 3 heteroatoms. The molecule has 0 spiro atoms. The van der Waals surface area contributed by atoms with Crippen molar-refractivity contribution in [2.75, 3.05) is 0 Å². The van der Waals surface area contributed by atoms with Gasteiger partial charge in [-0.3, -0.25) is 0 Å². The SMILES string of the molecule is CCCCn1pnc(C)c1C. The first-order chi connectivity index (χ1) is 5.25. The molecule has 0 saturated carbocycles. The van der Waals surface area contributed by atoms with Gasteiger partial charge in [0.05, 0.1) is 5.69 Å². The Labute approximate surface area is 69.9 Å². The van der Waals surface area contributed by atoms with Crippen LogP contribution in [0.4, 0.5) is 0 Å². The van der Waals surface area contributed by atoms with Crippen LogP contribution in [-0.2, 0) is 6.54 Å². The number of rotatable bonds is 3. The highest BCUT2D eigenvalue weighted by atomic mass is 31.1. The van der Waals surface area contributed by atoms with Gasteiger partial charge >= 0.3 is 0 Å². The number of hydrogen-bond acceptors (Lipinski definition) is 1. The van der Waals surface area contributed by atoms with E-state index in [4.69, 9.17) is 0 Å². The van der Waals surface area contributed by atoms with Crippen LogP contribution in [0.25, 0.3) is 0 Å². The van der Waals surface area contributed by atoms with Gasteiger partial charge in [-0.15, -0.1) is 0 Å². The topological polar surface area (TPSA) is 17.8 Å². The average molecular weight is 170 g/mol. The first-order valence-corrected chi connectivity index (χ1v) is 4.92. The summed E-state index contributed by atoms with van der Waals surface area (Å²) < 4.78 is 6.65. The van der Waals surface area contributed by atoms with Gasteiger partial charge in [-0.2, -0.15) is 0 Å². The van der Waals surface area contributed by atoms with Crippen LogP contribution in [0.15, 0.2) is 0 Å². The molecule has 0 aromatic carbocycles. The molecule has 0 unspecified atom stereocenters. The molecule has 0 bridgehead atoms. The van der Waals surface area contributed by atoms with Gasteiger partial charge in [-0.1, -0.05) is 13.3 Å². The van der Waals surface area contributed by atoms with Crippen molar-refractivity contribution in [3.63, 3.8) is 0 Å². The number of nitrogens with zero attached hydrogens (tertiary/aromatic N) is 2. The molecular formula is C8H15N2P. The number of unbranched alkanes of at least 4 members (excludes halogenated alkanes) is 1. The first-order valence-electron chi connectivity index (χ1n) is 4.12. The second-order valence-electron chi connectivity index (χ2n) is 2.84. The number of aryl methyl sites for hydroxylation is 2. The Hall–Kier alpha value is -0.360. The Balaban J connectivity index is 2.63. The van der Waals surface area contributed by atoms with E-state index in [1.165, 1.54) is 24.2 Å². The number of hydrogen-bond donors (Lipinski definition) is 0. The maximum atomic E-state index is 4.33. The standard InChI is InChI=1S/C8H15N2P/c1-4-5-6-10-8(3)7(2)9-11-10/h4-6H2,1-3H3. The lowest BCUT2D eigenvalue weighted by Crippen LogP contribution is -1.95. The third-order valence-corrected chi connectivity index (χ3v) is 3.04. The van der Waals surface area contributed by atoms with Gasteiger partial charge in [0.25, 0.3) is 0 Å². The molecule has 0 aliphatic rings. The van der Waals surface area contributed by atoms with Crippen molar-refractivity contribution in [1.82, 2.24) is 9.08 Å². The maximum Gasteiger partial charge on any atom is 0.132 e. The van der Waals surface area contributed by atoms with Crippen molar-refractivity contribution >= 4 is 8.51 Å². The van der Waals surface area contributed by atoms with E-state index in [1.807, 2.05) is 0 Å². The third kappa shape index (κ3) is 2.03. The molecule has 62 valence electrons. The smallest absolute Gasteiger partial charge is 0.132 e. The summed E-state index contributed by atoms with van der Waals surface area (Å²) in [4.78, 5) is 0. The summed E-state index contributed by atoms with van der Waals surface area (Å²) in [6.45, 7) is 7.60. The van der Waals surface area contributed by atoms with Crippen LogP contribution < -0.4 is 0 Å². The third-order valence-electron chi connectivity index (χ3n) is 1.94. The lowest BCUT2D eigenvalue weighted by molar-refractivity contribution is 0.658. The highest BCUT2D eigenvalue weighted by Crippen LogP contribution is 2.13. The minimum Gasteiger partial charge on any atom is -0.311 e. The Morgan fingerprint density at radius 2 is 2.18 bits per heavy atom. The van der Waals surface area contributed by atoms with Crippen molar-refractivity contribution in [2.24, 2.45) is 0 Å². The van der Waals surface area contributed by atoms with E-state index in [0.717, 1.165) is 15.1 Å². The quantitative estimate of drug-likeness (QED) is 0.682. The second kappa shape index (κ2) is 3.87. The molecule has 1 rings (SSSR count). The van der Waals surface area contributed by atoms with E-state index >= 15 is 0 Å². The van der Waals surface area contributed by atoms with Crippen molar-refractivity contribution in [1.29, 1.82) is 0 Å². The minimum atomic E-state index is 1.12. The molecule has 0 atom stereocenters. The van der Waals surface area contributed by atoms with Crippen LogP contribution in [0.3, 0.4) is 0 Å². The van der Waals surface area contributed by atoms with Gasteiger partial charge < -0.3 is 4.33 Å². The van der Waals surface area contributed by atoms with Crippen molar-refractivity contribution < 1.29 is 0 Å². The van der Waals surface area contributed by atoms with Crippen molar-refractivity contribution in [3.05, 3.63) is 11.4 Å². The summed E-state index contributed by atoms with van der Waals surface area (Å²) in [7, 11) is 1.12. The van der Waals surface area contributed by atoms with Gasteiger partial charge in [-0.25, -0.2) is 4.75 Å². The molecule has 0 amide bonds. The Bertz CT molecular complexity index is 230. The van der Waals surface area contributed by atoms with E-state index in [-0.39, 0.29) is 0 Å². The summed E-state index contributed by atoms with van der Waals surface area (Å²) in [5.74, 6) is 0. The normalized spacial score (nSPS) is 11.2. The molecule has 0 aliphatic carbocycles. The van der Waals surface area contributed by atoms with Crippen LogP contribution >= 0.6 is 8.51 Å². The average Bonchev–Trinajstić information content (AvgIpc) is 2.31. The molecule has 0 N–H and O–H groups in total. The minimum absolute atomic E-state index is 1.12. The van der Waals surface area contributed by atoms with Gasteiger partial charge in [-0.05, 0) is 20.3 Å². The second-order valence-corrected chi connectivity index (χ2v) is 3.70. The Kier molecular flexibility index (Phi) is 3.07. The maximum absolute atomic E-state index is 4.33. The highest BCUT2D eigenvalue weighted by Gasteiger charge is 2.00. The fraction of sp³-hybridized carbons (Fsp3) is 0.750. The van der Waals surface area contributed by atoms with E-state index in [9.17, 15) is 0 Å². The predicted octanol–water partition coefficient (Wildman–Crippen LogP) is 2.88. The Morgan fingerprint density at radius 1 is 1.45 bits per heavy atom. The molecule has 2 nitrogen and oxygen atoms in total. The summed E-state index contributed by atoms with van der Waals surface area (Å²) in [5.41, 5.74) is 2.54. The molecule has 0 saturated heterocycles. The molecule has 0 radical (unpaired) electrons. The number of aromatic nitrogens is 2. The molecular weight excluding hydrogens is 155 g/mol. The summed E-state index contributed by atoms with van der Waals surface area (Å²) in [6.07, 6.45) is 2.53. The van der Waals surface area contributed by atoms with E-state index < -0.39 is 0 Å². The Morgan fingerprint density at radius 3 is 2.64 bits per heavy atom. The molecule has 1 aromatic heterocycles. The first kappa shape index (κ1) is 8.73. The van der Waals surface area contributed by atoms with E-state index in [0.29, 0.717) is 0 Å². The molecule has 1 aromatic rings. The van der Waals surface area contributed by atoms with Crippen molar-refractivity contribution in [3.8, 4) is 0 Å². The monoisotopic (exact) mass is 170 g/mol.